The normalized spacial score (nSPS) is 22.4. The fraction of sp³-hybridized carbons (Fsp3) is 0.290. The Balaban J connectivity index is 0.00000294. The van der Waals surface area contributed by atoms with Crippen molar-refractivity contribution < 1.29 is 36.1 Å². The standard InChI is InChI=1S/C31H31N2O4.ClH/c34-30(31(35,25-12-6-2-7-13-25)26-14-8-3-9-15-26)36-29-22-33(18-16-24(29)17-19-33)21-27-20-28(37-32-27)23-10-4-1-5-11-23;/h1-15,20,24,29,35H,16-19,21-22H2;1H/q+1;/p-1/t24?,29-,33?;/m0./s1. The van der Waals surface area contributed by atoms with Gasteiger partial charge in [-0.05, 0) is 11.1 Å². The van der Waals surface area contributed by atoms with E-state index < -0.39 is 11.6 Å². The minimum absolute atomic E-state index is 0. The molecule has 0 radical (unpaired) electrons. The van der Waals surface area contributed by atoms with Crippen molar-refractivity contribution in [3.8, 4) is 11.3 Å². The van der Waals surface area contributed by atoms with E-state index in [1.165, 1.54) is 0 Å². The third-order valence-corrected chi connectivity index (χ3v) is 8.09. The first-order chi connectivity index (χ1) is 18.1. The molecule has 6 nitrogen and oxygen atoms in total. The third-order valence-electron chi connectivity index (χ3n) is 8.09. The Bertz CT molecular complexity index is 1310. The lowest BCUT2D eigenvalue weighted by atomic mass is 9.82. The lowest BCUT2D eigenvalue weighted by molar-refractivity contribution is -0.958. The number of carbonyl (C=O) groups is 1. The average molecular weight is 531 g/mol. The molecule has 3 fully saturated rings. The highest BCUT2D eigenvalue weighted by atomic mass is 35.5. The first kappa shape index (κ1) is 26.2. The third kappa shape index (κ3) is 4.87. The highest BCUT2D eigenvalue weighted by Crippen LogP contribution is 2.39. The summed E-state index contributed by atoms with van der Waals surface area (Å²) in [4.78, 5) is 13.7. The van der Waals surface area contributed by atoms with Crippen LogP contribution in [0.5, 0.6) is 0 Å². The topological polar surface area (TPSA) is 72.6 Å². The second-order valence-corrected chi connectivity index (χ2v) is 10.4. The maximum absolute atomic E-state index is 13.7. The lowest BCUT2D eigenvalue weighted by Gasteiger charge is -2.52. The Morgan fingerprint density at radius 2 is 1.47 bits per heavy atom. The predicted molar refractivity (Wildman–Crippen MR) is 139 cm³/mol. The van der Waals surface area contributed by atoms with Crippen LogP contribution in [0.25, 0.3) is 11.3 Å². The number of rotatable bonds is 7. The van der Waals surface area contributed by atoms with Crippen LogP contribution in [0.2, 0.25) is 0 Å². The number of esters is 1. The van der Waals surface area contributed by atoms with Crippen LogP contribution in [-0.4, -0.2) is 46.5 Å². The molecule has 0 unspecified atom stereocenters. The number of ether oxygens (including phenoxy) is 1. The minimum Gasteiger partial charge on any atom is -1.00 e. The van der Waals surface area contributed by atoms with E-state index in [0.717, 1.165) is 54.0 Å². The zero-order chi connectivity index (χ0) is 25.3. The summed E-state index contributed by atoms with van der Waals surface area (Å²) in [6, 6.07) is 30.1. The van der Waals surface area contributed by atoms with Gasteiger partial charge in [-0.1, -0.05) is 96.2 Å². The number of aliphatic hydroxyl groups is 1. The second-order valence-electron chi connectivity index (χ2n) is 10.4. The molecule has 0 saturated carbocycles. The van der Waals surface area contributed by atoms with Crippen molar-refractivity contribution in [1.29, 1.82) is 0 Å². The highest BCUT2D eigenvalue weighted by Gasteiger charge is 2.50. The number of aromatic nitrogens is 1. The highest BCUT2D eigenvalue weighted by molar-refractivity contribution is 5.85. The van der Waals surface area contributed by atoms with Crippen LogP contribution < -0.4 is 12.4 Å². The van der Waals surface area contributed by atoms with Crippen molar-refractivity contribution in [2.45, 2.75) is 31.1 Å². The molecule has 0 aliphatic carbocycles. The summed E-state index contributed by atoms with van der Waals surface area (Å²) in [6.07, 6.45) is 1.71. The van der Waals surface area contributed by atoms with Crippen LogP contribution >= 0.6 is 0 Å². The maximum atomic E-state index is 13.7. The molecule has 3 saturated heterocycles. The Labute approximate surface area is 228 Å². The van der Waals surface area contributed by atoms with E-state index in [4.69, 9.17) is 9.26 Å². The summed E-state index contributed by atoms with van der Waals surface area (Å²) in [5.74, 6) is 0.450. The SMILES string of the molecule is O=C(O[C@H]1C[N+]2(Cc3cc(-c4ccccc4)on3)CCC1CC2)C(O)(c1ccccc1)c1ccccc1.[Cl-]. The molecule has 196 valence electrons. The van der Waals surface area contributed by atoms with E-state index in [1.54, 1.807) is 24.3 Å². The summed E-state index contributed by atoms with van der Waals surface area (Å²) in [6.45, 7) is 3.49. The number of quaternary nitrogens is 1. The first-order valence-electron chi connectivity index (χ1n) is 13.0. The van der Waals surface area contributed by atoms with E-state index in [1.807, 2.05) is 72.8 Å². The maximum Gasteiger partial charge on any atom is 0.348 e. The molecule has 0 amide bonds. The first-order valence-corrected chi connectivity index (χ1v) is 13.0. The zero-order valence-corrected chi connectivity index (χ0v) is 21.8. The number of benzene rings is 3. The number of nitrogens with zero attached hydrogens (tertiary/aromatic N) is 2. The van der Waals surface area contributed by atoms with Gasteiger partial charge in [0.15, 0.2) is 11.9 Å². The number of carbonyl (C=O) groups excluding carboxylic acids is 1. The van der Waals surface area contributed by atoms with Crippen LogP contribution in [0, 0.1) is 5.92 Å². The minimum atomic E-state index is -1.87. The quantitative estimate of drug-likeness (QED) is 0.292. The second kappa shape index (κ2) is 10.7. The van der Waals surface area contributed by atoms with E-state index in [9.17, 15) is 9.90 Å². The molecule has 38 heavy (non-hydrogen) atoms. The molecule has 7 rings (SSSR count). The van der Waals surface area contributed by atoms with Crippen molar-refractivity contribution in [2.75, 3.05) is 19.6 Å². The van der Waals surface area contributed by atoms with E-state index in [0.29, 0.717) is 23.6 Å². The molecule has 3 aromatic carbocycles. The molecule has 3 aliphatic rings. The molecule has 4 heterocycles. The summed E-state index contributed by atoms with van der Waals surface area (Å²) in [5, 5.41) is 16.2. The van der Waals surface area contributed by atoms with Crippen molar-refractivity contribution in [2.24, 2.45) is 5.92 Å². The van der Waals surface area contributed by atoms with Gasteiger partial charge in [0.2, 0.25) is 5.60 Å². The number of halogens is 1. The van der Waals surface area contributed by atoms with E-state index >= 15 is 0 Å². The fourth-order valence-electron chi connectivity index (χ4n) is 6.03. The van der Waals surface area contributed by atoms with Crippen LogP contribution in [0.3, 0.4) is 0 Å². The van der Waals surface area contributed by atoms with Gasteiger partial charge in [0.05, 0.1) is 13.1 Å². The van der Waals surface area contributed by atoms with Gasteiger partial charge in [-0.15, -0.1) is 0 Å². The van der Waals surface area contributed by atoms with Gasteiger partial charge in [-0.2, -0.15) is 0 Å². The predicted octanol–water partition coefficient (Wildman–Crippen LogP) is 1.93. The molecule has 1 aromatic heterocycles. The summed E-state index contributed by atoms with van der Waals surface area (Å²) >= 11 is 0. The number of hydrogen-bond acceptors (Lipinski definition) is 5. The van der Waals surface area contributed by atoms with Crippen LogP contribution in [0.4, 0.5) is 0 Å². The van der Waals surface area contributed by atoms with E-state index in [-0.39, 0.29) is 18.5 Å². The van der Waals surface area contributed by atoms with Crippen LogP contribution in [-0.2, 0) is 21.7 Å². The molecular weight excluding hydrogens is 500 g/mol. The Kier molecular flexibility index (Phi) is 7.39. The lowest BCUT2D eigenvalue weighted by Crippen LogP contribution is -3.00. The van der Waals surface area contributed by atoms with Crippen LogP contribution in [0.15, 0.2) is 102 Å². The molecule has 1 N–H and O–H groups in total. The van der Waals surface area contributed by atoms with Gasteiger partial charge in [-0.25, -0.2) is 4.79 Å². The Hall–Kier alpha value is -3.45. The van der Waals surface area contributed by atoms with Crippen LogP contribution in [0.1, 0.15) is 29.7 Å². The molecular formula is C31H31ClN2O4. The molecule has 3 aliphatic heterocycles. The Morgan fingerprint density at radius 3 is 2.05 bits per heavy atom. The fourth-order valence-corrected chi connectivity index (χ4v) is 6.03. The van der Waals surface area contributed by atoms with Crippen molar-refractivity contribution in [3.63, 3.8) is 0 Å². The molecule has 7 heteroatoms. The molecule has 4 aromatic rings. The van der Waals surface area contributed by atoms with Gasteiger partial charge in [-0.3, -0.25) is 0 Å². The van der Waals surface area contributed by atoms with Crippen molar-refractivity contribution in [1.82, 2.24) is 5.16 Å². The molecule has 2 bridgehead atoms. The van der Waals surface area contributed by atoms with Gasteiger partial charge >= 0.3 is 5.97 Å². The number of fused-ring (bicyclic) bond motifs is 3. The summed E-state index contributed by atoms with van der Waals surface area (Å²) < 4.78 is 12.6. The van der Waals surface area contributed by atoms with Crippen molar-refractivity contribution >= 4 is 5.97 Å². The van der Waals surface area contributed by atoms with Gasteiger partial charge in [0.25, 0.3) is 0 Å². The summed E-state index contributed by atoms with van der Waals surface area (Å²) in [5.41, 5.74) is 1.07. The molecule has 1 atom stereocenters. The van der Waals surface area contributed by atoms with E-state index in [2.05, 4.69) is 5.16 Å². The Morgan fingerprint density at radius 1 is 0.921 bits per heavy atom. The number of hydrogen-bond donors (Lipinski definition) is 1. The molecule has 0 spiro atoms. The summed E-state index contributed by atoms with van der Waals surface area (Å²) in [7, 11) is 0. The largest absolute Gasteiger partial charge is 1.00 e. The smallest absolute Gasteiger partial charge is 0.348 e. The van der Waals surface area contributed by atoms with Crippen molar-refractivity contribution in [3.05, 3.63) is 114 Å². The number of piperidine rings is 3. The van der Waals surface area contributed by atoms with Gasteiger partial charge in [0.1, 0.15) is 18.8 Å². The monoisotopic (exact) mass is 530 g/mol. The zero-order valence-electron chi connectivity index (χ0n) is 21.1. The van der Waals surface area contributed by atoms with Gasteiger partial charge < -0.3 is 31.3 Å². The van der Waals surface area contributed by atoms with Gasteiger partial charge in [0, 0.05) is 30.4 Å². The average Bonchev–Trinajstić information content (AvgIpc) is 3.42.